The normalized spacial score (nSPS) is 12.0. The predicted molar refractivity (Wildman–Crippen MR) is 126 cm³/mol. The van der Waals surface area contributed by atoms with Gasteiger partial charge in [0.1, 0.15) is 16.2 Å². The molecule has 0 saturated carbocycles. The summed E-state index contributed by atoms with van der Waals surface area (Å²) < 4.78 is 0. The maximum absolute atomic E-state index is 12.5. The molecule has 0 spiro atoms. The van der Waals surface area contributed by atoms with Crippen molar-refractivity contribution < 1.29 is 4.79 Å². The highest BCUT2D eigenvalue weighted by molar-refractivity contribution is 8.00. The van der Waals surface area contributed by atoms with Gasteiger partial charge in [0, 0.05) is 17.0 Å². The molecule has 1 atom stereocenters. The summed E-state index contributed by atoms with van der Waals surface area (Å²) in [5.74, 6) is 0.370. The van der Waals surface area contributed by atoms with Crippen molar-refractivity contribution in [3.63, 3.8) is 0 Å². The summed E-state index contributed by atoms with van der Waals surface area (Å²) in [6.07, 6.45) is 3.45. The summed E-state index contributed by atoms with van der Waals surface area (Å²) in [6.45, 7) is 2.06. The smallest absolute Gasteiger partial charge is 0.230 e. The second kappa shape index (κ2) is 9.87. The molecular weight excluding hydrogens is 410 g/mol. The lowest BCUT2D eigenvalue weighted by Crippen LogP contribution is -2.34. The summed E-state index contributed by atoms with van der Waals surface area (Å²) in [4.78, 5) is 22.3. The van der Waals surface area contributed by atoms with Crippen LogP contribution in [0.2, 0.25) is 0 Å². The third-order valence-corrected chi connectivity index (χ3v) is 6.75. The number of thioether (sulfide) groups is 1. The van der Waals surface area contributed by atoms with Crippen molar-refractivity contribution in [2.75, 3.05) is 5.75 Å². The minimum atomic E-state index is 0.0313. The van der Waals surface area contributed by atoms with Crippen LogP contribution in [0.3, 0.4) is 0 Å². The summed E-state index contributed by atoms with van der Waals surface area (Å²) in [5.41, 5.74) is 3.55. The van der Waals surface area contributed by atoms with Crippen molar-refractivity contribution in [3.05, 3.63) is 77.9 Å². The number of carbonyl (C=O) groups excluding carboxylic acids is 1. The first kappa shape index (κ1) is 20.6. The molecule has 2 aromatic carbocycles. The summed E-state index contributed by atoms with van der Waals surface area (Å²) in [5, 5.41) is 7.11. The van der Waals surface area contributed by atoms with Gasteiger partial charge in [0.25, 0.3) is 0 Å². The Balaban J connectivity index is 1.38. The maximum Gasteiger partial charge on any atom is 0.230 e. The molecule has 2 heterocycles. The van der Waals surface area contributed by atoms with Crippen molar-refractivity contribution in [1.82, 2.24) is 15.3 Å². The van der Waals surface area contributed by atoms with Crippen molar-refractivity contribution in [1.29, 1.82) is 0 Å². The van der Waals surface area contributed by atoms with Gasteiger partial charge in [-0.2, -0.15) is 0 Å². The van der Waals surface area contributed by atoms with Gasteiger partial charge in [0.15, 0.2) is 0 Å². The number of benzene rings is 2. The molecule has 0 aliphatic carbocycles. The van der Waals surface area contributed by atoms with E-state index < -0.39 is 0 Å². The lowest BCUT2D eigenvalue weighted by Gasteiger charge is -2.14. The maximum atomic E-state index is 12.5. The highest BCUT2D eigenvalue weighted by atomic mass is 32.2. The van der Waals surface area contributed by atoms with E-state index in [-0.39, 0.29) is 11.9 Å². The van der Waals surface area contributed by atoms with Gasteiger partial charge in [-0.1, -0.05) is 72.4 Å². The molecule has 1 N–H and O–H groups in total. The topological polar surface area (TPSA) is 54.9 Å². The second-order valence-electron chi connectivity index (χ2n) is 7.16. The molecule has 0 saturated heterocycles. The largest absolute Gasteiger partial charge is 0.353 e. The van der Waals surface area contributed by atoms with Crippen molar-refractivity contribution in [2.45, 2.75) is 30.8 Å². The number of hydrogen-bond donors (Lipinski definition) is 1. The van der Waals surface area contributed by atoms with E-state index in [1.165, 1.54) is 17.3 Å². The molecule has 1 unspecified atom stereocenters. The van der Waals surface area contributed by atoms with E-state index in [4.69, 9.17) is 0 Å². The van der Waals surface area contributed by atoms with E-state index in [9.17, 15) is 4.79 Å². The minimum Gasteiger partial charge on any atom is -0.353 e. The van der Waals surface area contributed by atoms with Crippen molar-refractivity contribution in [3.8, 4) is 11.1 Å². The quantitative estimate of drug-likeness (QED) is 0.291. The molecular formula is C24H23N3OS2. The molecule has 152 valence electrons. The fourth-order valence-corrected chi connectivity index (χ4v) is 5.14. The highest BCUT2D eigenvalue weighted by Crippen LogP contribution is 2.37. The molecule has 0 fully saturated rings. The Bertz CT molecular complexity index is 1110. The monoisotopic (exact) mass is 433 g/mol. The van der Waals surface area contributed by atoms with Gasteiger partial charge in [0.05, 0.1) is 11.1 Å². The fraction of sp³-hybridized carbons (Fsp3) is 0.208. The van der Waals surface area contributed by atoms with Crippen molar-refractivity contribution >= 4 is 39.2 Å². The van der Waals surface area contributed by atoms with Crippen LogP contribution < -0.4 is 5.32 Å². The molecule has 4 aromatic rings. The molecule has 4 nitrogen and oxygen atoms in total. The highest BCUT2D eigenvalue weighted by Gasteiger charge is 2.15. The molecule has 4 rings (SSSR count). The average Bonchev–Trinajstić information content (AvgIpc) is 3.22. The van der Waals surface area contributed by atoms with Crippen molar-refractivity contribution in [2.24, 2.45) is 0 Å². The van der Waals surface area contributed by atoms with E-state index >= 15 is 0 Å². The number of hydrogen-bond acceptors (Lipinski definition) is 5. The van der Waals surface area contributed by atoms with Gasteiger partial charge in [-0.05, 0) is 30.9 Å². The Labute approximate surface area is 184 Å². The van der Waals surface area contributed by atoms with Gasteiger partial charge in [-0.3, -0.25) is 4.79 Å². The van der Waals surface area contributed by atoms with Gasteiger partial charge < -0.3 is 5.32 Å². The first-order chi connectivity index (χ1) is 14.7. The van der Waals surface area contributed by atoms with Gasteiger partial charge in [-0.25, -0.2) is 9.97 Å². The number of thiophene rings is 1. The Morgan fingerprint density at radius 2 is 1.80 bits per heavy atom. The third kappa shape index (κ3) is 5.07. The van der Waals surface area contributed by atoms with Crippen LogP contribution in [0.4, 0.5) is 0 Å². The Morgan fingerprint density at radius 3 is 2.57 bits per heavy atom. The lowest BCUT2D eigenvalue weighted by molar-refractivity contribution is -0.119. The molecule has 0 radical (unpaired) electrons. The van der Waals surface area contributed by atoms with Crippen LogP contribution >= 0.6 is 23.1 Å². The van der Waals surface area contributed by atoms with Crippen LogP contribution in [0.25, 0.3) is 21.3 Å². The second-order valence-corrected chi connectivity index (χ2v) is 8.98. The summed E-state index contributed by atoms with van der Waals surface area (Å²) >= 11 is 3.08. The van der Waals surface area contributed by atoms with E-state index in [2.05, 4.69) is 51.9 Å². The molecule has 6 heteroatoms. The molecule has 0 aliphatic rings. The number of fused-ring (bicyclic) bond motifs is 1. The van der Waals surface area contributed by atoms with Gasteiger partial charge >= 0.3 is 0 Å². The zero-order valence-electron chi connectivity index (χ0n) is 16.7. The number of nitrogens with one attached hydrogen (secondary N) is 1. The number of amides is 1. The Hall–Kier alpha value is -2.70. The first-order valence-corrected chi connectivity index (χ1v) is 11.8. The van der Waals surface area contributed by atoms with E-state index in [0.717, 1.165) is 39.2 Å². The molecule has 0 aliphatic heterocycles. The van der Waals surface area contributed by atoms with Crippen LogP contribution in [0.5, 0.6) is 0 Å². The molecule has 2 aromatic heterocycles. The summed E-state index contributed by atoms with van der Waals surface area (Å²) in [7, 11) is 0. The molecule has 30 heavy (non-hydrogen) atoms. The average molecular weight is 434 g/mol. The third-order valence-electron chi connectivity index (χ3n) is 4.88. The van der Waals surface area contributed by atoms with E-state index in [1.54, 1.807) is 17.7 Å². The zero-order valence-corrected chi connectivity index (χ0v) is 18.4. The van der Waals surface area contributed by atoms with Crippen LogP contribution in [0, 0.1) is 0 Å². The van der Waals surface area contributed by atoms with E-state index in [0.29, 0.717) is 5.75 Å². The molecule has 0 bridgehead atoms. The Morgan fingerprint density at radius 1 is 1.07 bits per heavy atom. The minimum absolute atomic E-state index is 0.0313. The van der Waals surface area contributed by atoms with Crippen LogP contribution in [0.1, 0.15) is 18.9 Å². The van der Waals surface area contributed by atoms with Crippen LogP contribution in [0.15, 0.2) is 77.4 Å². The lowest BCUT2D eigenvalue weighted by atomic mass is 10.1. The first-order valence-electron chi connectivity index (χ1n) is 9.94. The Kier molecular flexibility index (Phi) is 6.77. The fourth-order valence-electron chi connectivity index (χ4n) is 3.34. The van der Waals surface area contributed by atoms with Crippen LogP contribution in [-0.4, -0.2) is 27.7 Å². The van der Waals surface area contributed by atoms with Gasteiger partial charge in [0.2, 0.25) is 5.91 Å². The number of nitrogens with zero attached hydrogens (tertiary/aromatic N) is 2. The number of aromatic nitrogens is 2. The SMILES string of the molecule is CC(CCc1ccccc1)NC(=O)CSc1ncnc2scc(-c3ccccc3)c12. The summed E-state index contributed by atoms with van der Waals surface area (Å²) in [6, 6.07) is 20.7. The molecule has 1 amide bonds. The zero-order chi connectivity index (χ0) is 20.8. The van der Waals surface area contributed by atoms with E-state index in [1.807, 2.05) is 36.4 Å². The predicted octanol–water partition coefficient (Wildman–Crippen LogP) is 5.59. The number of aryl methyl sites for hydroxylation is 1. The number of carbonyl (C=O) groups is 1. The van der Waals surface area contributed by atoms with Crippen LogP contribution in [-0.2, 0) is 11.2 Å². The number of rotatable bonds is 8. The standard InChI is InChI=1S/C24H23N3OS2/c1-17(12-13-18-8-4-2-5-9-18)27-21(28)15-30-24-22-20(19-10-6-3-7-11-19)14-29-23(22)25-16-26-24/h2-11,14,16-17H,12-13,15H2,1H3,(H,27,28). The van der Waals surface area contributed by atoms with Gasteiger partial charge in [-0.15, -0.1) is 11.3 Å².